The molecule has 2 aromatic rings. The number of nitrogens with zero attached hydrogens (tertiary/aromatic N) is 2. The molecule has 1 N–H and O–H groups in total. The van der Waals surface area contributed by atoms with E-state index >= 15 is 0 Å². The van der Waals surface area contributed by atoms with E-state index in [0.717, 1.165) is 6.54 Å². The van der Waals surface area contributed by atoms with Gasteiger partial charge in [0.15, 0.2) is 0 Å². The SMILES string of the molecule is Cc1cc(C(C)NCc2cn(C)nc2C(C)(C)C)c(C)s1. The summed E-state index contributed by atoms with van der Waals surface area (Å²) < 4.78 is 1.92. The maximum absolute atomic E-state index is 4.63. The zero-order valence-electron chi connectivity index (χ0n) is 14.2. The minimum atomic E-state index is 0.0798. The largest absolute Gasteiger partial charge is 0.306 e. The Morgan fingerprint density at radius 2 is 2.00 bits per heavy atom. The average Bonchev–Trinajstić information content (AvgIpc) is 2.88. The quantitative estimate of drug-likeness (QED) is 0.915. The van der Waals surface area contributed by atoms with Gasteiger partial charge in [-0.1, -0.05) is 20.8 Å². The number of aryl methyl sites for hydroxylation is 3. The lowest BCUT2D eigenvalue weighted by molar-refractivity contribution is 0.531. The minimum absolute atomic E-state index is 0.0798. The second-order valence-corrected chi connectivity index (χ2v) is 8.36. The highest BCUT2D eigenvalue weighted by Crippen LogP contribution is 2.28. The Bertz CT molecular complexity index is 617. The van der Waals surface area contributed by atoms with E-state index in [-0.39, 0.29) is 5.41 Å². The first-order chi connectivity index (χ1) is 9.68. The molecule has 0 aliphatic carbocycles. The monoisotopic (exact) mass is 305 g/mol. The van der Waals surface area contributed by atoms with E-state index in [1.165, 1.54) is 26.6 Å². The van der Waals surface area contributed by atoms with Crippen molar-refractivity contribution in [3.05, 3.63) is 38.8 Å². The standard InChI is InChI=1S/C17H27N3S/c1-11-8-15(13(3)21-11)12(2)18-9-14-10-20(7)19-16(14)17(4,5)6/h8,10,12,18H,9H2,1-7H3. The second-order valence-electron chi connectivity index (χ2n) is 6.90. The van der Waals surface area contributed by atoms with E-state index in [1.807, 2.05) is 23.1 Å². The molecule has 0 fully saturated rings. The van der Waals surface area contributed by atoms with Crippen LogP contribution >= 0.6 is 11.3 Å². The van der Waals surface area contributed by atoms with Gasteiger partial charge < -0.3 is 5.32 Å². The van der Waals surface area contributed by atoms with Gasteiger partial charge in [-0.15, -0.1) is 11.3 Å². The highest BCUT2D eigenvalue weighted by atomic mass is 32.1. The van der Waals surface area contributed by atoms with Gasteiger partial charge in [-0.2, -0.15) is 5.10 Å². The molecule has 0 aliphatic heterocycles. The van der Waals surface area contributed by atoms with Crippen LogP contribution in [0.5, 0.6) is 0 Å². The fourth-order valence-electron chi connectivity index (χ4n) is 2.75. The fraction of sp³-hybridized carbons (Fsp3) is 0.588. The third kappa shape index (κ3) is 3.74. The Labute approximate surface area is 132 Å². The molecule has 0 bridgehead atoms. The summed E-state index contributed by atoms with van der Waals surface area (Å²) in [5, 5.41) is 8.28. The van der Waals surface area contributed by atoms with Gasteiger partial charge in [0.25, 0.3) is 0 Å². The maximum atomic E-state index is 4.63. The van der Waals surface area contributed by atoms with Gasteiger partial charge in [-0.05, 0) is 32.4 Å². The Morgan fingerprint density at radius 1 is 1.33 bits per heavy atom. The van der Waals surface area contributed by atoms with E-state index in [2.05, 4.69) is 64.2 Å². The Morgan fingerprint density at radius 3 is 2.52 bits per heavy atom. The predicted octanol–water partition coefficient (Wildman–Crippen LogP) is 4.25. The Kier molecular flexibility index (Phi) is 4.59. The molecule has 21 heavy (non-hydrogen) atoms. The van der Waals surface area contributed by atoms with E-state index in [1.54, 1.807) is 0 Å². The maximum Gasteiger partial charge on any atom is 0.0722 e. The topological polar surface area (TPSA) is 29.9 Å². The molecule has 2 aromatic heterocycles. The molecule has 0 saturated carbocycles. The number of aromatic nitrogens is 2. The van der Waals surface area contributed by atoms with Crippen LogP contribution in [0.15, 0.2) is 12.3 Å². The van der Waals surface area contributed by atoms with Crippen LogP contribution in [-0.2, 0) is 19.0 Å². The molecule has 0 radical (unpaired) electrons. The van der Waals surface area contributed by atoms with Gasteiger partial charge in [-0.25, -0.2) is 0 Å². The molecule has 0 aliphatic rings. The number of thiophene rings is 1. The van der Waals surface area contributed by atoms with Crippen molar-refractivity contribution < 1.29 is 0 Å². The van der Waals surface area contributed by atoms with Gasteiger partial charge in [0, 0.05) is 46.6 Å². The van der Waals surface area contributed by atoms with E-state index in [0.29, 0.717) is 6.04 Å². The van der Waals surface area contributed by atoms with Crippen molar-refractivity contribution in [3.63, 3.8) is 0 Å². The summed E-state index contributed by atoms with van der Waals surface area (Å²) in [6, 6.07) is 2.66. The zero-order chi connectivity index (χ0) is 15.8. The first kappa shape index (κ1) is 16.2. The summed E-state index contributed by atoms with van der Waals surface area (Å²) >= 11 is 1.87. The summed E-state index contributed by atoms with van der Waals surface area (Å²) in [5.41, 5.74) is 3.97. The van der Waals surface area contributed by atoms with Crippen molar-refractivity contribution in [1.29, 1.82) is 0 Å². The summed E-state index contributed by atoms with van der Waals surface area (Å²) in [4.78, 5) is 2.79. The highest BCUT2D eigenvalue weighted by Gasteiger charge is 2.22. The van der Waals surface area contributed by atoms with E-state index in [9.17, 15) is 0 Å². The first-order valence-corrected chi connectivity index (χ1v) is 8.33. The van der Waals surface area contributed by atoms with Crippen molar-refractivity contribution in [2.24, 2.45) is 7.05 Å². The fourth-order valence-corrected chi connectivity index (χ4v) is 3.77. The molecule has 0 saturated heterocycles. The van der Waals surface area contributed by atoms with Crippen molar-refractivity contribution >= 4 is 11.3 Å². The third-order valence-electron chi connectivity index (χ3n) is 3.76. The van der Waals surface area contributed by atoms with Crippen LogP contribution in [0.3, 0.4) is 0 Å². The van der Waals surface area contributed by atoms with Gasteiger partial charge in [-0.3, -0.25) is 4.68 Å². The summed E-state index contributed by atoms with van der Waals surface area (Å²) in [6.07, 6.45) is 2.13. The van der Waals surface area contributed by atoms with Gasteiger partial charge in [0.1, 0.15) is 0 Å². The molecule has 2 heterocycles. The minimum Gasteiger partial charge on any atom is -0.306 e. The molecular weight excluding hydrogens is 278 g/mol. The molecule has 0 amide bonds. The van der Waals surface area contributed by atoms with E-state index in [4.69, 9.17) is 0 Å². The smallest absolute Gasteiger partial charge is 0.0722 e. The number of nitrogens with one attached hydrogen (secondary N) is 1. The lowest BCUT2D eigenvalue weighted by atomic mass is 9.89. The molecule has 3 nitrogen and oxygen atoms in total. The van der Waals surface area contributed by atoms with Crippen LogP contribution in [0.4, 0.5) is 0 Å². The van der Waals surface area contributed by atoms with Gasteiger partial charge in [0.2, 0.25) is 0 Å². The molecule has 116 valence electrons. The average molecular weight is 305 g/mol. The molecule has 1 atom stereocenters. The Hall–Kier alpha value is -1.13. The van der Waals surface area contributed by atoms with Crippen LogP contribution < -0.4 is 5.32 Å². The third-order valence-corrected chi connectivity index (χ3v) is 4.74. The second kappa shape index (κ2) is 5.93. The van der Waals surface area contributed by atoms with Crippen LogP contribution in [0, 0.1) is 13.8 Å². The van der Waals surface area contributed by atoms with E-state index < -0.39 is 0 Å². The van der Waals surface area contributed by atoms with Crippen molar-refractivity contribution in [1.82, 2.24) is 15.1 Å². The Balaban J connectivity index is 2.12. The first-order valence-electron chi connectivity index (χ1n) is 7.52. The molecule has 1 unspecified atom stereocenters. The predicted molar refractivity (Wildman–Crippen MR) is 91.0 cm³/mol. The number of hydrogen-bond donors (Lipinski definition) is 1. The van der Waals surface area contributed by atoms with Crippen LogP contribution in [0.1, 0.15) is 60.3 Å². The summed E-state index contributed by atoms with van der Waals surface area (Å²) in [7, 11) is 1.99. The number of hydrogen-bond acceptors (Lipinski definition) is 3. The number of rotatable bonds is 4. The molecular formula is C17H27N3S. The highest BCUT2D eigenvalue weighted by molar-refractivity contribution is 7.12. The lowest BCUT2D eigenvalue weighted by Gasteiger charge is -2.19. The van der Waals surface area contributed by atoms with Crippen LogP contribution in [0.25, 0.3) is 0 Å². The van der Waals surface area contributed by atoms with Crippen molar-refractivity contribution in [3.8, 4) is 0 Å². The van der Waals surface area contributed by atoms with Crippen molar-refractivity contribution in [2.45, 2.75) is 59.5 Å². The molecule has 0 spiro atoms. The zero-order valence-corrected chi connectivity index (χ0v) is 15.1. The van der Waals surface area contributed by atoms with Crippen LogP contribution in [-0.4, -0.2) is 9.78 Å². The lowest BCUT2D eigenvalue weighted by Crippen LogP contribution is -2.21. The van der Waals surface area contributed by atoms with Crippen LogP contribution in [0.2, 0.25) is 0 Å². The summed E-state index contributed by atoms with van der Waals surface area (Å²) in [6.45, 7) is 14.1. The molecule has 2 rings (SSSR count). The van der Waals surface area contributed by atoms with Crippen molar-refractivity contribution in [2.75, 3.05) is 0 Å². The normalized spacial score (nSPS) is 13.7. The van der Waals surface area contributed by atoms with Gasteiger partial charge >= 0.3 is 0 Å². The molecule has 4 heteroatoms. The van der Waals surface area contributed by atoms with Gasteiger partial charge in [0.05, 0.1) is 5.69 Å². The molecule has 0 aromatic carbocycles. The summed E-state index contributed by atoms with van der Waals surface area (Å²) in [5.74, 6) is 0.